The Balaban J connectivity index is 2.55. The van der Waals surface area contributed by atoms with Gasteiger partial charge in [0.05, 0.1) is 0 Å². The Kier molecular flexibility index (Phi) is 5.60. The molecule has 0 aromatic heterocycles. The van der Waals surface area contributed by atoms with Crippen LogP contribution in [0.5, 0.6) is 0 Å². The molecule has 1 aromatic carbocycles. The fraction of sp³-hybridized carbons (Fsp3) is 0.500. The molecule has 0 radical (unpaired) electrons. The van der Waals surface area contributed by atoms with E-state index in [1.807, 2.05) is 0 Å². The van der Waals surface area contributed by atoms with Crippen LogP contribution in [0.4, 0.5) is 18.0 Å². The van der Waals surface area contributed by atoms with Gasteiger partial charge in [0, 0.05) is 30.3 Å². The van der Waals surface area contributed by atoms with Gasteiger partial charge in [-0.05, 0) is 27.2 Å². The fourth-order valence-electron chi connectivity index (χ4n) is 1.63. The topological polar surface area (TPSA) is 64.3 Å². The summed E-state index contributed by atoms with van der Waals surface area (Å²) in [6, 6.07) is 0.450. The van der Waals surface area contributed by atoms with Gasteiger partial charge in [0.15, 0.2) is 0 Å². The summed E-state index contributed by atoms with van der Waals surface area (Å²) in [5.74, 6) is -2.99. The van der Waals surface area contributed by atoms with E-state index in [-0.39, 0.29) is 18.5 Å². The highest BCUT2D eigenvalue weighted by Gasteiger charge is 2.18. The Morgan fingerprint density at radius 2 is 1.81 bits per heavy atom. The molecule has 0 saturated carbocycles. The first-order valence-corrected chi connectivity index (χ1v) is 6.44. The van der Waals surface area contributed by atoms with Crippen LogP contribution >= 0.6 is 0 Å². The van der Waals surface area contributed by atoms with E-state index in [1.165, 1.54) is 0 Å². The fourth-order valence-corrected chi connectivity index (χ4v) is 1.63. The smallest absolute Gasteiger partial charge is 0.407 e. The van der Waals surface area contributed by atoms with Crippen molar-refractivity contribution in [1.82, 2.24) is 5.32 Å². The molecule has 1 unspecified atom stereocenters. The van der Waals surface area contributed by atoms with Crippen LogP contribution in [-0.4, -0.2) is 24.3 Å². The number of carbonyl (C=O) groups is 1. The predicted octanol–water partition coefficient (Wildman–Crippen LogP) is 2.50. The standard InChI is InChI=1S/C14H19F3N2O2/c1-14(2,3)21-13(20)19-7-9(18)6-10-11(16)4-8(15)5-12(10)17/h4-5,9H,6-7,18H2,1-3H3,(H,19,20). The number of carbonyl (C=O) groups excluding carboxylic acids is 1. The zero-order chi connectivity index (χ0) is 16.2. The van der Waals surface area contributed by atoms with Gasteiger partial charge >= 0.3 is 6.09 Å². The molecule has 0 bridgehead atoms. The van der Waals surface area contributed by atoms with Crippen molar-refractivity contribution in [2.75, 3.05) is 6.54 Å². The molecule has 118 valence electrons. The third kappa shape index (κ3) is 6.03. The number of ether oxygens (including phenoxy) is 1. The van der Waals surface area contributed by atoms with Crippen molar-refractivity contribution >= 4 is 6.09 Å². The minimum atomic E-state index is -1.000. The molecule has 21 heavy (non-hydrogen) atoms. The van der Waals surface area contributed by atoms with Crippen molar-refractivity contribution in [3.05, 3.63) is 35.1 Å². The third-order valence-electron chi connectivity index (χ3n) is 2.48. The maximum atomic E-state index is 13.4. The molecule has 1 aromatic rings. The molecular formula is C14H19F3N2O2. The van der Waals surface area contributed by atoms with E-state index in [0.717, 1.165) is 0 Å². The summed E-state index contributed by atoms with van der Waals surface area (Å²) in [5.41, 5.74) is 4.74. The number of hydrogen-bond donors (Lipinski definition) is 2. The zero-order valence-corrected chi connectivity index (χ0v) is 12.2. The number of hydrogen-bond acceptors (Lipinski definition) is 3. The summed E-state index contributed by atoms with van der Waals surface area (Å²) in [4.78, 5) is 11.4. The Bertz CT molecular complexity index is 492. The predicted molar refractivity (Wildman–Crippen MR) is 72.2 cm³/mol. The van der Waals surface area contributed by atoms with E-state index >= 15 is 0 Å². The van der Waals surface area contributed by atoms with Crippen LogP contribution in [0.1, 0.15) is 26.3 Å². The van der Waals surface area contributed by atoms with Gasteiger partial charge in [0.1, 0.15) is 23.1 Å². The van der Waals surface area contributed by atoms with Crippen LogP contribution < -0.4 is 11.1 Å². The van der Waals surface area contributed by atoms with Gasteiger partial charge in [-0.2, -0.15) is 0 Å². The molecule has 0 heterocycles. The number of nitrogens with two attached hydrogens (primary N) is 1. The molecule has 3 N–H and O–H groups in total. The van der Waals surface area contributed by atoms with Crippen molar-refractivity contribution in [3.8, 4) is 0 Å². The van der Waals surface area contributed by atoms with Crippen LogP contribution in [0, 0.1) is 17.5 Å². The second-order valence-electron chi connectivity index (χ2n) is 5.69. The van der Waals surface area contributed by atoms with E-state index < -0.39 is 35.2 Å². The third-order valence-corrected chi connectivity index (χ3v) is 2.48. The molecule has 1 amide bonds. The summed E-state index contributed by atoms with van der Waals surface area (Å²) in [5, 5.41) is 2.40. The Labute approximate surface area is 121 Å². The molecule has 1 atom stereocenters. The van der Waals surface area contributed by atoms with Gasteiger partial charge in [0.25, 0.3) is 0 Å². The summed E-state index contributed by atoms with van der Waals surface area (Å²) in [7, 11) is 0. The zero-order valence-electron chi connectivity index (χ0n) is 12.2. The van der Waals surface area contributed by atoms with Gasteiger partial charge in [-0.25, -0.2) is 18.0 Å². The quantitative estimate of drug-likeness (QED) is 0.898. The lowest BCUT2D eigenvalue weighted by Gasteiger charge is -2.21. The van der Waals surface area contributed by atoms with E-state index in [1.54, 1.807) is 20.8 Å². The van der Waals surface area contributed by atoms with Crippen molar-refractivity contribution < 1.29 is 22.7 Å². The number of rotatable bonds is 4. The Hall–Kier alpha value is -1.76. The molecule has 0 aliphatic rings. The van der Waals surface area contributed by atoms with Crippen LogP contribution in [0.2, 0.25) is 0 Å². The lowest BCUT2D eigenvalue weighted by molar-refractivity contribution is 0.0524. The summed E-state index contributed by atoms with van der Waals surface area (Å²) in [6.07, 6.45) is -0.841. The van der Waals surface area contributed by atoms with E-state index in [4.69, 9.17) is 10.5 Å². The van der Waals surface area contributed by atoms with Gasteiger partial charge in [-0.1, -0.05) is 0 Å². The monoisotopic (exact) mass is 304 g/mol. The average Bonchev–Trinajstić information content (AvgIpc) is 2.29. The average molecular weight is 304 g/mol. The van der Waals surface area contributed by atoms with Crippen molar-refractivity contribution in [3.63, 3.8) is 0 Å². The number of benzene rings is 1. The van der Waals surface area contributed by atoms with Crippen LogP contribution in [-0.2, 0) is 11.2 Å². The molecule has 0 fully saturated rings. The molecule has 0 saturated heterocycles. The number of alkyl carbamates (subject to hydrolysis) is 1. The SMILES string of the molecule is CC(C)(C)OC(=O)NCC(N)Cc1c(F)cc(F)cc1F. The molecule has 7 heteroatoms. The Morgan fingerprint density at radius 1 is 1.29 bits per heavy atom. The number of amides is 1. The Morgan fingerprint density at radius 3 is 2.29 bits per heavy atom. The van der Waals surface area contributed by atoms with Crippen LogP contribution in [0.3, 0.4) is 0 Å². The lowest BCUT2D eigenvalue weighted by Crippen LogP contribution is -2.41. The summed E-state index contributed by atoms with van der Waals surface area (Å²) >= 11 is 0. The van der Waals surface area contributed by atoms with Crippen molar-refractivity contribution in [1.29, 1.82) is 0 Å². The maximum absolute atomic E-state index is 13.4. The minimum absolute atomic E-state index is 0.0226. The van der Waals surface area contributed by atoms with Crippen molar-refractivity contribution in [2.45, 2.75) is 38.8 Å². The second kappa shape index (κ2) is 6.80. The van der Waals surface area contributed by atoms with E-state index in [0.29, 0.717) is 12.1 Å². The minimum Gasteiger partial charge on any atom is -0.444 e. The highest BCUT2D eigenvalue weighted by molar-refractivity contribution is 5.67. The van der Waals surface area contributed by atoms with Crippen LogP contribution in [0.15, 0.2) is 12.1 Å². The van der Waals surface area contributed by atoms with Gasteiger partial charge in [-0.3, -0.25) is 0 Å². The first kappa shape index (κ1) is 17.3. The molecule has 0 aliphatic heterocycles. The van der Waals surface area contributed by atoms with Gasteiger partial charge in [0.2, 0.25) is 0 Å². The second-order valence-corrected chi connectivity index (χ2v) is 5.69. The summed E-state index contributed by atoms with van der Waals surface area (Å²) in [6.45, 7) is 5.09. The van der Waals surface area contributed by atoms with Crippen molar-refractivity contribution in [2.24, 2.45) is 5.73 Å². The van der Waals surface area contributed by atoms with E-state index in [9.17, 15) is 18.0 Å². The highest BCUT2D eigenvalue weighted by atomic mass is 19.1. The molecule has 1 rings (SSSR count). The molecule has 0 aliphatic carbocycles. The highest BCUT2D eigenvalue weighted by Crippen LogP contribution is 2.16. The number of halogens is 3. The first-order valence-electron chi connectivity index (χ1n) is 6.44. The molecule has 4 nitrogen and oxygen atoms in total. The van der Waals surface area contributed by atoms with Gasteiger partial charge in [-0.15, -0.1) is 0 Å². The largest absolute Gasteiger partial charge is 0.444 e. The van der Waals surface area contributed by atoms with E-state index in [2.05, 4.69) is 5.32 Å². The summed E-state index contributed by atoms with van der Waals surface area (Å²) < 4.78 is 44.7. The lowest BCUT2D eigenvalue weighted by atomic mass is 10.1. The van der Waals surface area contributed by atoms with Gasteiger partial charge < -0.3 is 15.8 Å². The first-order chi connectivity index (χ1) is 9.58. The normalized spacial score (nSPS) is 12.9. The maximum Gasteiger partial charge on any atom is 0.407 e. The van der Waals surface area contributed by atoms with Crippen LogP contribution in [0.25, 0.3) is 0 Å². The molecular weight excluding hydrogens is 285 g/mol. The number of nitrogens with one attached hydrogen (secondary N) is 1. The molecule has 0 spiro atoms.